The Morgan fingerprint density at radius 2 is 2.18 bits per heavy atom. The molecule has 1 rings (SSSR count). The van der Waals surface area contributed by atoms with Crippen molar-refractivity contribution in [1.82, 2.24) is 0 Å². The molecule has 1 N–H and O–H groups in total. The third-order valence-corrected chi connectivity index (χ3v) is 1.95. The van der Waals surface area contributed by atoms with Crippen molar-refractivity contribution in [2.24, 2.45) is 0 Å². The number of nitrogens with one attached hydrogen (secondary N) is 1. The van der Waals surface area contributed by atoms with E-state index in [9.17, 15) is 10.1 Å². The van der Waals surface area contributed by atoms with E-state index in [2.05, 4.69) is 5.32 Å². The van der Waals surface area contributed by atoms with Gasteiger partial charge >= 0.3 is 0 Å². The van der Waals surface area contributed by atoms with Gasteiger partial charge in [0.05, 0.1) is 11.0 Å². The number of hydrogen-bond donors (Lipinski definition) is 1. The van der Waals surface area contributed by atoms with Crippen LogP contribution < -0.4 is 10.1 Å². The molecule has 0 heterocycles. The van der Waals surface area contributed by atoms with Crippen molar-refractivity contribution in [3.8, 4) is 5.75 Å². The maximum atomic E-state index is 10.9. The zero-order valence-electron chi connectivity index (χ0n) is 10.1. The Hall–Kier alpha value is -1.82. The van der Waals surface area contributed by atoms with Gasteiger partial charge in [0, 0.05) is 13.2 Å². The number of methoxy groups -OCH3 is 1. The maximum Gasteiger partial charge on any atom is 0.296 e. The highest BCUT2D eigenvalue weighted by atomic mass is 16.7. The Morgan fingerprint density at radius 1 is 1.47 bits per heavy atom. The maximum absolute atomic E-state index is 10.9. The van der Waals surface area contributed by atoms with Crippen LogP contribution in [0.4, 0.5) is 11.4 Å². The summed E-state index contributed by atoms with van der Waals surface area (Å²) in [6.45, 7) is 3.90. The summed E-state index contributed by atoms with van der Waals surface area (Å²) in [7, 11) is 1.49. The summed E-state index contributed by atoms with van der Waals surface area (Å²) in [6, 6.07) is 4.79. The first-order valence-electron chi connectivity index (χ1n) is 5.21. The van der Waals surface area contributed by atoms with Gasteiger partial charge in [-0.25, -0.2) is 0 Å². The smallest absolute Gasteiger partial charge is 0.296 e. The first-order valence-corrected chi connectivity index (χ1v) is 5.21. The third-order valence-electron chi connectivity index (χ3n) is 1.95. The summed E-state index contributed by atoms with van der Waals surface area (Å²) in [5, 5.41) is 13.9. The number of benzene rings is 1. The van der Waals surface area contributed by atoms with E-state index < -0.39 is 4.92 Å². The number of anilines is 1. The Kier molecular flexibility index (Phi) is 4.71. The van der Waals surface area contributed by atoms with Gasteiger partial charge in [0.15, 0.2) is 6.79 Å². The van der Waals surface area contributed by atoms with E-state index >= 15 is 0 Å². The lowest BCUT2D eigenvalue weighted by molar-refractivity contribution is -0.384. The quantitative estimate of drug-likeness (QED) is 0.469. The van der Waals surface area contributed by atoms with Gasteiger partial charge in [0.25, 0.3) is 5.69 Å². The normalized spacial score (nSPS) is 10.4. The molecule has 6 heteroatoms. The van der Waals surface area contributed by atoms with Gasteiger partial charge in [-0.3, -0.25) is 10.1 Å². The highest BCUT2D eigenvalue weighted by Crippen LogP contribution is 2.29. The van der Waals surface area contributed by atoms with Crippen molar-refractivity contribution in [1.29, 1.82) is 0 Å². The summed E-state index contributed by atoms with van der Waals surface area (Å²) >= 11 is 0. The molecule has 0 amide bonds. The van der Waals surface area contributed by atoms with Gasteiger partial charge in [-0.15, -0.1) is 0 Å². The molecule has 6 nitrogen and oxygen atoms in total. The van der Waals surface area contributed by atoms with Gasteiger partial charge in [0.1, 0.15) is 11.4 Å². The van der Waals surface area contributed by atoms with E-state index in [0.29, 0.717) is 11.4 Å². The minimum Gasteiger partial charge on any atom is -0.467 e. The molecule has 0 aliphatic heterocycles. The number of rotatable bonds is 6. The Balaban J connectivity index is 2.95. The second-order valence-electron chi connectivity index (χ2n) is 3.79. The summed E-state index contributed by atoms with van der Waals surface area (Å²) in [6.07, 6.45) is 0. The lowest BCUT2D eigenvalue weighted by atomic mass is 10.2. The van der Waals surface area contributed by atoms with Crippen LogP contribution in [0.25, 0.3) is 0 Å². The largest absolute Gasteiger partial charge is 0.467 e. The van der Waals surface area contributed by atoms with Crippen LogP contribution in [-0.4, -0.2) is 24.9 Å². The molecule has 94 valence electrons. The number of nitro benzene ring substituents is 1. The highest BCUT2D eigenvalue weighted by molar-refractivity contribution is 5.64. The summed E-state index contributed by atoms with van der Waals surface area (Å²) in [5.41, 5.74) is 0.474. The molecule has 1 aromatic rings. The van der Waals surface area contributed by atoms with E-state index in [4.69, 9.17) is 9.47 Å². The number of nitrogens with zero attached hydrogens (tertiary/aromatic N) is 1. The van der Waals surface area contributed by atoms with Gasteiger partial charge in [-0.1, -0.05) is 0 Å². The Morgan fingerprint density at radius 3 is 2.71 bits per heavy atom. The lowest BCUT2D eigenvalue weighted by Gasteiger charge is -2.11. The molecule has 0 saturated heterocycles. The number of nitro groups is 1. The molecule has 0 aromatic heterocycles. The second kappa shape index (κ2) is 6.05. The van der Waals surface area contributed by atoms with Crippen molar-refractivity contribution >= 4 is 11.4 Å². The van der Waals surface area contributed by atoms with Crippen molar-refractivity contribution in [2.45, 2.75) is 19.9 Å². The van der Waals surface area contributed by atoms with Crippen LogP contribution in [0.2, 0.25) is 0 Å². The van der Waals surface area contributed by atoms with Crippen molar-refractivity contribution < 1.29 is 14.4 Å². The Bertz CT molecular complexity index is 393. The van der Waals surface area contributed by atoms with E-state index in [-0.39, 0.29) is 18.5 Å². The molecule has 0 radical (unpaired) electrons. The molecule has 0 spiro atoms. The highest BCUT2D eigenvalue weighted by Gasteiger charge is 2.15. The molecule has 1 aromatic carbocycles. The van der Waals surface area contributed by atoms with Crippen LogP contribution in [-0.2, 0) is 4.74 Å². The zero-order chi connectivity index (χ0) is 12.8. The van der Waals surface area contributed by atoms with Gasteiger partial charge < -0.3 is 14.8 Å². The first kappa shape index (κ1) is 13.2. The molecular formula is C11H16N2O4. The summed E-state index contributed by atoms with van der Waals surface area (Å²) in [4.78, 5) is 10.5. The molecule has 0 saturated carbocycles. The molecule has 17 heavy (non-hydrogen) atoms. The van der Waals surface area contributed by atoms with Crippen LogP contribution in [0.5, 0.6) is 5.75 Å². The van der Waals surface area contributed by atoms with E-state index in [1.165, 1.54) is 13.2 Å². The van der Waals surface area contributed by atoms with Crippen molar-refractivity contribution in [3.05, 3.63) is 28.3 Å². The average Bonchev–Trinajstić information content (AvgIpc) is 2.26. The topological polar surface area (TPSA) is 73.6 Å². The van der Waals surface area contributed by atoms with Crippen LogP contribution >= 0.6 is 0 Å². The fraction of sp³-hybridized carbons (Fsp3) is 0.455. The number of ether oxygens (including phenoxy) is 2. The monoisotopic (exact) mass is 240 g/mol. The van der Waals surface area contributed by atoms with Crippen molar-refractivity contribution in [3.63, 3.8) is 0 Å². The molecule has 0 fully saturated rings. The molecule has 0 atom stereocenters. The van der Waals surface area contributed by atoms with Crippen LogP contribution in [0.3, 0.4) is 0 Å². The van der Waals surface area contributed by atoms with Crippen LogP contribution in [0, 0.1) is 10.1 Å². The first-order chi connectivity index (χ1) is 8.04. The second-order valence-corrected chi connectivity index (χ2v) is 3.79. The molecular weight excluding hydrogens is 224 g/mol. The predicted octanol–water partition coefficient (Wildman–Crippen LogP) is 2.40. The molecule has 0 bridgehead atoms. The summed E-state index contributed by atoms with van der Waals surface area (Å²) in [5.74, 6) is 0.410. The van der Waals surface area contributed by atoms with Crippen LogP contribution in [0.1, 0.15) is 13.8 Å². The SMILES string of the molecule is COCOc1ccc(NC(C)C)c([N+](=O)[O-])c1. The summed E-state index contributed by atoms with van der Waals surface area (Å²) < 4.78 is 9.88. The van der Waals surface area contributed by atoms with E-state index in [0.717, 1.165) is 0 Å². The number of hydrogen-bond acceptors (Lipinski definition) is 5. The third kappa shape index (κ3) is 3.92. The van der Waals surface area contributed by atoms with Crippen LogP contribution in [0.15, 0.2) is 18.2 Å². The fourth-order valence-corrected chi connectivity index (χ4v) is 1.31. The van der Waals surface area contributed by atoms with Crippen molar-refractivity contribution in [2.75, 3.05) is 19.2 Å². The minimum absolute atomic E-state index is 0.00713. The average molecular weight is 240 g/mol. The van der Waals surface area contributed by atoms with E-state index in [1.54, 1.807) is 12.1 Å². The standard InChI is InChI=1S/C11H16N2O4/c1-8(2)12-10-5-4-9(17-7-16-3)6-11(10)13(14)15/h4-6,8,12H,7H2,1-3H3. The zero-order valence-corrected chi connectivity index (χ0v) is 10.1. The van der Waals surface area contributed by atoms with Gasteiger partial charge in [0.2, 0.25) is 0 Å². The lowest BCUT2D eigenvalue weighted by Crippen LogP contribution is -2.11. The van der Waals surface area contributed by atoms with E-state index in [1.807, 2.05) is 13.8 Å². The predicted molar refractivity (Wildman–Crippen MR) is 64.4 cm³/mol. The fourth-order valence-electron chi connectivity index (χ4n) is 1.31. The van der Waals surface area contributed by atoms with Gasteiger partial charge in [-0.2, -0.15) is 0 Å². The molecule has 0 unspecified atom stereocenters. The minimum atomic E-state index is -0.440. The Labute approximate surface area is 99.7 Å². The molecule has 0 aliphatic carbocycles. The molecule has 0 aliphatic rings. The van der Waals surface area contributed by atoms with Gasteiger partial charge in [-0.05, 0) is 26.0 Å².